The third kappa shape index (κ3) is 2.55. The molecule has 2 rings (SSSR count). The Morgan fingerprint density at radius 2 is 1.94 bits per heavy atom. The van der Waals surface area contributed by atoms with E-state index in [9.17, 15) is 8.78 Å². The van der Waals surface area contributed by atoms with Gasteiger partial charge in [0.25, 0.3) is 0 Å². The molecule has 1 atom stereocenters. The minimum absolute atomic E-state index is 0.146. The summed E-state index contributed by atoms with van der Waals surface area (Å²) in [5.74, 6) is -1.89. The summed E-state index contributed by atoms with van der Waals surface area (Å²) in [6, 6.07) is 5.37. The number of rotatable bonds is 3. The predicted octanol–water partition coefficient (Wildman–Crippen LogP) is 4.29. The smallest absolute Gasteiger partial charge is 0.160 e. The van der Waals surface area contributed by atoms with Crippen LogP contribution in [0, 0.1) is 11.6 Å². The van der Waals surface area contributed by atoms with Gasteiger partial charge in [0.15, 0.2) is 11.6 Å². The first-order valence-electron chi connectivity index (χ1n) is 5.51. The highest BCUT2D eigenvalue weighted by atomic mass is 35.5. The van der Waals surface area contributed by atoms with E-state index in [0.29, 0.717) is 5.56 Å². The maximum atomic E-state index is 13.2. The lowest BCUT2D eigenvalue weighted by atomic mass is 10.1. The van der Waals surface area contributed by atoms with Crippen molar-refractivity contribution in [2.24, 2.45) is 5.73 Å². The molecule has 0 amide bonds. The monoisotopic (exact) mass is 287 g/mol. The zero-order valence-electron chi connectivity index (χ0n) is 9.71. The first-order valence-corrected chi connectivity index (χ1v) is 6.71. The molecule has 96 valence electrons. The van der Waals surface area contributed by atoms with Gasteiger partial charge in [-0.1, -0.05) is 18.5 Å². The maximum absolute atomic E-state index is 13.2. The van der Waals surface area contributed by atoms with E-state index in [1.165, 1.54) is 4.88 Å². The first kappa shape index (κ1) is 13.5. The summed E-state index contributed by atoms with van der Waals surface area (Å²) in [5, 5.41) is 0.146. The van der Waals surface area contributed by atoms with Crippen LogP contribution < -0.4 is 5.73 Å². The van der Waals surface area contributed by atoms with Gasteiger partial charge >= 0.3 is 0 Å². The van der Waals surface area contributed by atoms with Gasteiger partial charge in [0.05, 0.1) is 6.04 Å². The van der Waals surface area contributed by atoms with E-state index < -0.39 is 17.7 Å². The Labute approximate surface area is 113 Å². The van der Waals surface area contributed by atoms with Gasteiger partial charge < -0.3 is 5.73 Å². The molecule has 18 heavy (non-hydrogen) atoms. The Balaban J connectivity index is 2.39. The number of aryl methyl sites for hydroxylation is 1. The van der Waals surface area contributed by atoms with Crippen LogP contribution in [0.1, 0.15) is 28.3 Å². The summed E-state index contributed by atoms with van der Waals surface area (Å²) in [4.78, 5) is 2.08. The Bertz CT molecular complexity index is 568. The zero-order valence-corrected chi connectivity index (χ0v) is 11.3. The molecule has 0 aliphatic rings. The van der Waals surface area contributed by atoms with E-state index in [2.05, 4.69) is 0 Å². The summed E-state index contributed by atoms with van der Waals surface area (Å²) >= 11 is 7.46. The molecule has 0 spiro atoms. The summed E-state index contributed by atoms with van der Waals surface area (Å²) in [5.41, 5.74) is 6.44. The van der Waals surface area contributed by atoms with E-state index in [1.54, 1.807) is 11.3 Å². The molecule has 1 aromatic heterocycles. The van der Waals surface area contributed by atoms with Crippen molar-refractivity contribution in [1.29, 1.82) is 0 Å². The fraction of sp³-hybridized carbons (Fsp3) is 0.231. The van der Waals surface area contributed by atoms with Crippen LogP contribution in [0.15, 0.2) is 24.3 Å². The molecule has 2 aromatic rings. The van der Waals surface area contributed by atoms with Crippen molar-refractivity contribution in [1.82, 2.24) is 0 Å². The van der Waals surface area contributed by atoms with Crippen molar-refractivity contribution in [3.8, 4) is 0 Å². The molecular formula is C13H12ClF2NS. The number of nitrogens with two attached hydrogens (primary N) is 1. The maximum Gasteiger partial charge on any atom is 0.160 e. The molecule has 0 aliphatic heterocycles. The van der Waals surface area contributed by atoms with Gasteiger partial charge in [-0.25, -0.2) is 8.78 Å². The van der Waals surface area contributed by atoms with E-state index in [-0.39, 0.29) is 5.02 Å². The standard InChI is InChI=1S/C13H12ClF2NS/c1-2-7-3-4-12(18-7)13(17)8-5-10(15)11(16)6-9(8)14/h3-6,13H,2,17H2,1H3. The quantitative estimate of drug-likeness (QED) is 0.837. The van der Waals surface area contributed by atoms with Crippen molar-refractivity contribution in [3.05, 3.63) is 56.2 Å². The minimum atomic E-state index is -0.962. The number of halogens is 3. The second-order valence-corrected chi connectivity index (χ2v) is 5.53. The molecule has 0 saturated heterocycles. The summed E-state index contributed by atoms with van der Waals surface area (Å²) in [6.07, 6.45) is 0.920. The largest absolute Gasteiger partial charge is 0.320 e. The van der Waals surface area contributed by atoms with Crippen molar-refractivity contribution in [2.75, 3.05) is 0 Å². The lowest BCUT2D eigenvalue weighted by Gasteiger charge is -2.12. The number of benzene rings is 1. The molecule has 2 N–H and O–H groups in total. The topological polar surface area (TPSA) is 26.0 Å². The van der Waals surface area contributed by atoms with E-state index in [1.807, 2.05) is 19.1 Å². The van der Waals surface area contributed by atoms with Crippen molar-refractivity contribution in [3.63, 3.8) is 0 Å². The van der Waals surface area contributed by atoms with Crippen LogP contribution >= 0.6 is 22.9 Å². The molecule has 0 fully saturated rings. The second kappa shape index (κ2) is 5.34. The average Bonchev–Trinajstić information content (AvgIpc) is 2.81. The van der Waals surface area contributed by atoms with Crippen LogP contribution in [0.2, 0.25) is 5.02 Å². The van der Waals surface area contributed by atoms with E-state index in [4.69, 9.17) is 17.3 Å². The molecule has 0 bridgehead atoms. The van der Waals surface area contributed by atoms with Crippen LogP contribution in [0.25, 0.3) is 0 Å². The molecule has 1 unspecified atom stereocenters. The highest BCUT2D eigenvalue weighted by Crippen LogP contribution is 2.32. The first-order chi connectivity index (χ1) is 8.52. The predicted molar refractivity (Wildman–Crippen MR) is 71.1 cm³/mol. The van der Waals surface area contributed by atoms with Crippen molar-refractivity contribution < 1.29 is 8.78 Å². The van der Waals surface area contributed by atoms with Gasteiger partial charge in [-0.15, -0.1) is 11.3 Å². The molecule has 0 radical (unpaired) electrons. The van der Waals surface area contributed by atoms with Crippen LogP contribution in [0.3, 0.4) is 0 Å². The summed E-state index contributed by atoms with van der Waals surface area (Å²) in [7, 11) is 0. The molecule has 1 nitrogen and oxygen atoms in total. The molecule has 0 aliphatic carbocycles. The van der Waals surface area contributed by atoms with Gasteiger partial charge in [0.1, 0.15) is 0 Å². The minimum Gasteiger partial charge on any atom is -0.320 e. The Hall–Kier alpha value is -0.970. The number of thiophene rings is 1. The molecule has 1 aromatic carbocycles. The average molecular weight is 288 g/mol. The zero-order chi connectivity index (χ0) is 13.3. The lowest BCUT2D eigenvalue weighted by Crippen LogP contribution is -2.11. The third-order valence-electron chi connectivity index (χ3n) is 2.71. The SMILES string of the molecule is CCc1ccc(C(N)c2cc(F)c(F)cc2Cl)s1. The lowest BCUT2D eigenvalue weighted by molar-refractivity contribution is 0.506. The molecular weight excluding hydrogens is 276 g/mol. The summed E-state index contributed by atoms with van der Waals surface area (Å²) in [6.45, 7) is 2.05. The van der Waals surface area contributed by atoms with E-state index >= 15 is 0 Å². The molecule has 5 heteroatoms. The number of hydrogen-bond donors (Lipinski definition) is 1. The van der Waals surface area contributed by atoms with Crippen LogP contribution in [0.4, 0.5) is 8.78 Å². The van der Waals surface area contributed by atoms with Crippen LogP contribution in [-0.2, 0) is 6.42 Å². The highest BCUT2D eigenvalue weighted by Gasteiger charge is 2.17. The molecule has 1 heterocycles. The Morgan fingerprint density at radius 3 is 2.56 bits per heavy atom. The van der Waals surface area contributed by atoms with Gasteiger partial charge in [-0.05, 0) is 36.2 Å². The summed E-state index contributed by atoms with van der Waals surface area (Å²) < 4.78 is 26.2. The van der Waals surface area contributed by atoms with Gasteiger partial charge in [-0.3, -0.25) is 0 Å². The van der Waals surface area contributed by atoms with Gasteiger partial charge in [-0.2, -0.15) is 0 Å². The van der Waals surface area contributed by atoms with Gasteiger partial charge in [0.2, 0.25) is 0 Å². The van der Waals surface area contributed by atoms with Crippen LogP contribution in [0.5, 0.6) is 0 Å². The number of hydrogen-bond acceptors (Lipinski definition) is 2. The van der Waals surface area contributed by atoms with Crippen LogP contribution in [-0.4, -0.2) is 0 Å². The second-order valence-electron chi connectivity index (χ2n) is 3.92. The third-order valence-corrected chi connectivity index (χ3v) is 4.35. The Kier molecular flexibility index (Phi) is 4.00. The molecule has 0 saturated carbocycles. The van der Waals surface area contributed by atoms with Gasteiger partial charge in [0, 0.05) is 14.8 Å². The van der Waals surface area contributed by atoms with Crippen molar-refractivity contribution in [2.45, 2.75) is 19.4 Å². The normalized spacial score (nSPS) is 12.7. The fourth-order valence-corrected chi connectivity index (χ4v) is 2.92. The fourth-order valence-electron chi connectivity index (χ4n) is 1.68. The van der Waals surface area contributed by atoms with Crippen molar-refractivity contribution >= 4 is 22.9 Å². The Morgan fingerprint density at radius 1 is 1.28 bits per heavy atom. The van der Waals surface area contributed by atoms with E-state index in [0.717, 1.165) is 23.4 Å². The highest BCUT2D eigenvalue weighted by molar-refractivity contribution is 7.12.